The highest BCUT2D eigenvalue weighted by Crippen LogP contribution is 2.37. The summed E-state index contributed by atoms with van der Waals surface area (Å²) >= 11 is 6.35. The van der Waals surface area contributed by atoms with Crippen LogP contribution in [0.15, 0.2) is 24.7 Å². The standard InChI is InChI=1S/C18H24BClN2O/c1-12(14-5-3-4-13(8-14)9-19-2)18(23)17-16(20)7-6-15-10-21-11-22(15)17/h6-7,10-14,19H,3-5,8-9H2,1-2H3. The number of ketones is 1. The van der Waals surface area contributed by atoms with Gasteiger partial charge in [-0.2, -0.15) is 0 Å². The fourth-order valence-electron chi connectivity index (χ4n) is 4.09. The maximum Gasteiger partial charge on any atom is 0.184 e. The second kappa shape index (κ2) is 7.08. The quantitative estimate of drug-likeness (QED) is 0.597. The molecule has 3 rings (SSSR count). The minimum Gasteiger partial charge on any atom is -0.295 e. The zero-order chi connectivity index (χ0) is 16.4. The normalized spacial score (nSPS) is 22.9. The first kappa shape index (κ1) is 16.6. The summed E-state index contributed by atoms with van der Waals surface area (Å²) in [6, 6.07) is 3.70. The fourth-order valence-corrected chi connectivity index (χ4v) is 4.34. The van der Waals surface area contributed by atoms with Gasteiger partial charge in [-0.15, -0.1) is 0 Å². The Balaban J connectivity index is 1.84. The van der Waals surface area contributed by atoms with Crippen LogP contribution in [0.3, 0.4) is 0 Å². The molecule has 0 aromatic carbocycles. The Bertz CT molecular complexity index is 697. The van der Waals surface area contributed by atoms with Crippen molar-refractivity contribution in [2.45, 2.75) is 45.8 Å². The Labute approximate surface area is 143 Å². The Morgan fingerprint density at radius 1 is 1.48 bits per heavy atom. The molecular weight excluding hydrogens is 306 g/mol. The topological polar surface area (TPSA) is 34.4 Å². The van der Waals surface area contributed by atoms with Crippen LogP contribution in [0.5, 0.6) is 0 Å². The second-order valence-electron chi connectivity index (χ2n) is 6.95. The van der Waals surface area contributed by atoms with E-state index in [-0.39, 0.29) is 11.7 Å². The van der Waals surface area contributed by atoms with Crippen LogP contribution in [-0.4, -0.2) is 22.4 Å². The summed E-state index contributed by atoms with van der Waals surface area (Å²) in [5.74, 6) is 1.43. The average Bonchev–Trinajstić information content (AvgIpc) is 3.02. The van der Waals surface area contributed by atoms with E-state index in [0.717, 1.165) is 17.9 Å². The van der Waals surface area contributed by atoms with E-state index >= 15 is 0 Å². The molecule has 0 spiro atoms. The van der Waals surface area contributed by atoms with Crippen molar-refractivity contribution in [3.05, 3.63) is 35.4 Å². The van der Waals surface area contributed by atoms with E-state index in [9.17, 15) is 4.79 Å². The van der Waals surface area contributed by atoms with Gasteiger partial charge in [-0.05, 0) is 36.8 Å². The molecule has 122 valence electrons. The first-order valence-corrected chi connectivity index (χ1v) is 9.14. The number of fused-ring (bicyclic) bond motifs is 1. The summed E-state index contributed by atoms with van der Waals surface area (Å²) in [5, 5.41) is 0.522. The van der Waals surface area contributed by atoms with Gasteiger partial charge in [0.05, 0.1) is 23.1 Å². The van der Waals surface area contributed by atoms with Crippen molar-refractivity contribution in [2.75, 3.05) is 0 Å². The van der Waals surface area contributed by atoms with Gasteiger partial charge in [0.2, 0.25) is 0 Å². The summed E-state index contributed by atoms with van der Waals surface area (Å²) in [4.78, 5) is 17.3. The van der Waals surface area contributed by atoms with Crippen molar-refractivity contribution in [2.24, 2.45) is 17.8 Å². The van der Waals surface area contributed by atoms with Crippen LogP contribution in [0.4, 0.5) is 0 Å². The lowest BCUT2D eigenvalue weighted by Crippen LogP contribution is -2.28. The number of nitrogens with zero attached hydrogens (tertiary/aromatic N) is 2. The molecule has 1 saturated carbocycles. The minimum absolute atomic E-state index is 0.0140. The molecule has 3 atom stereocenters. The van der Waals surface area contributed by atoms with Gasteiger partial charge in [0.1, 0.15) is 13.0 Å². The Kier molecular flexibility index (Phi) is 5.10. The minimum atomic E-state index is 0.0140. The predicted octanol–water partition coefficient (Wildman–Crippen LogP) is 4.52. The molecule has 0 N–H and O–H groups in total. The summed E-state index contributed by atoms with van der Waals surface area (Å²) in [6.45, 7) is 4.32. The lowest BCUT2D eigenvalue weighted by atomic mass is 9.64. The molecule has 5 heteroatoms. The van der Waals surface area contributed by atoms with Crippen LogP contribution in [0.1, 0.15) is 43.1 Å². The Morgan fingerprint density at radius 3 is 3.09 bits per heavy atom. The van der Waals surface area contributed by atoms with E-state index in [1.807, 2.05) is 10.5 Å². The molecule has 2 aromatic rings. The van der Waals surface area contributed by atoms with Gasteiger partial charge in [-0.25, -0.2) is 4.98 Å². The number of halogens is 1. The fraction of sp³-hybridized carbons (Fsp3) is 0.556. The van der Waals surface area contributed by atoms with E-state index in [1.54, 1.807) is 18.6 Å². The lowest BCUT2D eigenvalue weighted by Gasteiger charge is -2.32. The smallest absolute Gasteiger partial charge is 0.184 e. The molecule has 0 radical (unpaired) electrons. The Hall–Kier alpha value is -1.29. The molecule has 3 nitrogen and oxygen atoms in total. The van der Waals surface area contributed by atoms with Crippen molar-refractivity contribution >= 4 is 30.2 Å². The Morgan fingerprint density at radius 2 is 2.30 bits per heavy atom. The van der Waals surface area contributed by atoms with Crippen LogP contribution in [0, 0.1) is 17.8 Å². The van der Waals surface area contributed by atoms with Crippen LogP contribution >= 0.6 is 11.6 Å². The SMILES string of the molecule is CBCC1CCCC(C(C)C(=O)c2c(Cl)ccc3cncn23)C1. The number of hydrogen-bond donors (Lipinski definition) is 0. The van der Waals surface area contributed by atoms with E-state index in [2.05, 4.69) is 18.7 Å². The van der Waals surface area contributed by atoms with Crippen molar-refractivity contribution in [3.8, 4) is 0 Å². The van der Waals surface area contributed by atoms with E-state index in [4.69, 9.17) is 11.6 Å². The largest absolute Gasteiger partial charge is 0.295 e. The van der Waals surface area contributed by atoms with Gasteiger partial charge in [0.15, 0.2) is 5.78 Å². The number of carbonyl (C=O) groups excluding carboxylic acids is 1. The van der Waals surface area contributed by atoms with Crippen LogP contribution in [-0.2, 0) is 0 Å². The molecule has 2 heterocycles. The summed E-state index contributed by atoms with van der Waals surface area (Å²) in [6.07, 6.45) is 9.63. The van der Waals surface area contributed by atoms with Crippen LogP contribution < -0.4 is 0 Å². The molecule has 1 fully saturated rings. The molecular formula is C18H24BClN2O. The molecule has 1 aliphatic carbocycles. The van der Waals surface area contributed by atoms with Crippen molar-refractivity contribution < 1.29 is 4.79 Å². The van der Waals surface area contributed by atoms with E-state index < -0.39 is 0 Å². The third kappa shape index (κ3) is 3.32. The van der Waals surface area contributed by atoms with Crippen molar-refractivity contribution in [1.82, 2.24) is 9.38 Å². The van der Waals surface area contributed by atoms with Crippen LogP contribution in [0.2, 0.25) is 18.2 Å². The van der Waals surface area contributed by atoms with Crippen LogP contribution in [0.25, 0.3) is 5.52 Å². The zero-order valence-electron chi connectivity index (χ0n) is 14.0. The number of pyridine rings is 1. The summed E-state index contributed by atoms with van der Waals surface area (Å²) < 4.78 is 1.83. The maximum atomic E-state index is 13.1. The highest BCUT2D eigenvalue weighted by Gasteiger charge is 2.31. The third-order valence-corrected chi connectivity index (χ3v) is 5.71. The van der Waals surface area contributed by atoms with E-state index in [1.165, 1.54) is 32.9 Å². The molecule has 0 amide bonds. The molecule has 0 aliphatic heterocycles. The second-order valence-corrected chi connectivity index (χ2v) is 7.36. The number of imidazole rings is 1. The summed E-state index contributed by atoms with van der Waals surface area (Å²) in [7, 11) is 1.24. The average molecular weight is 331 g/mol. The van der Waals surface area contributed by atoms with E-state index in [0.29, 0.717) is 16.6 Å². The molecule has 1 aliphatic rings. The molecule has 3 unspecified atom stereocenters. The molecule has 0 bridgehead atoms. The molecule has 2 aromatic heterocycles. The predicted molar refractivity (Wildman–Crippen MR) is 97.0 cm³/mol. The third-order valence-electron chi connectivity index (χ3n) is 5.41. The lowest BCUT2D eigenvalue weighted by molar-refractivity contribution is 0.0840. The zero-order valence-corrected chi connectivity index (χ0v) is 14.7. The van der Waals surface area contributed by atoms with Gasteiger partial charge in [-0.1, -0.05) is 44.5 Å². The number of rotatable bonds is 5. The first-order valence-electron chi connectivity index (χ1n) is 8.76. The highest BCUT2D eigenvalue weighted by molar-refractivity contribution is 6.34. The first-order chi connectivity index (χ1) is 11.1. The number of hydrogen-bond acceptors (Lipinski definition) is 2. The molecule has 0 saturated heterocycles. The number of Topliss-reactive ketones (excluding diaryl/α,β-unsaturated/α-hetero) is 1. The van der Waals surface area contributed by atoms with Crippen molar-refractivity contribution in [1.29, 1.82) is 0 Å². The number of aromatic nitrogens is 2. The van der Waals surface area contributed by atoms with Gasteiger partial charge >= 0.3 is 0 Å². The highest BCUT2D eigenvalue weighted by atomic mass is 35.5. The van der Waals surface area contributed by atoms with Gasteiger partial charge in [0, 0.05) is 5.92 Å². The van der Waals surface area contributed by atoms with Gasteiger partial charge in [-0.3, -0.25) is 9.20 Å². The summed E-state index contributed by atoms with van der Waals surface area (Å²) in [5.41, 5.74) is 1.50. The maximum absolute atomic E-state index is 13.1. The monoisotopic (exact) mass is 330 g/mol. The number of carbonyl (C=O) groups is 1. The molecule has 23 heavy (non-hydrogen) atoms. The van der Waals surface area contributed by atoms with Gasteiger partial charge < -0.3 is 0 Å². The van der Waals surface area contributed by atoms with Gasteiger partial charge in [0.25, 0.3) is 0 Å². The van der Waals surface area contributed by atoms with Crippen molar-refractivity contribution in [3.63, 3.8) is 0 Å².